The lowest BCUT2D eigenvalue weighted by molar-refractivity contribution is -0.143. The van der Waals surface area contributed by atoms with Gasteiger partial charge in [0.1, 0.15) is 42.3 Å². The highest BCUT2D eigenvalue weighted by Gasteiger charge is 2.47. The summed E-state index contributed by atoms with van der Waals surface area (Å²) in [5, 5.41) is 37.6. The van der Waals surface area contributed by atoms with Crippen LogP contribution in [-0.2, 0) is 72.4 Å². The van der Waals surface area contributed by atoms with Gasteiger partial charge in [0, 0.05) is 24.2 Å². The lowest BCUT2D eigenvalue weighted by atomic mass is 9.76. The van der Waals surface area contributed by atoms with Crippen LogP contribution < -0.4 is 47.9 Å². The Labute approximate surface area is 768 Å². The van der Waals surface area contributed by atoms with E-state index in [0.29, 0.717) is 6.42 Å². The van der Waals surface area contributed by atoms with Gasteiger partial charge in [-0.2, -0.15) is 0 Å². The molecule has 0 bridgehead atoms. The average molecular weight is 1800 g/mol. The molecule has 10 N–H and O–H groups in total. The van der Waals surface area contributed by atoms with Crippen LogP contribution in [0.5, 0.6) is 0 Å². The second kappa shape index (κ2) is 47.4. The topological polar surface area (TPSA) is 310 Å². The number of ether oxygens (including phenoxy) is 3. The van der Waals surface area contributed by atoms with E-state index in [9.17, 15) is 19.5 Å². The highest BCUT2D eigenvalue weighted by Crippen LogP contribution is 2.51. The number of carbonyl (C=O) groups is 9. The minimum atomic E-state index is -1.63. The predicted molar refractivity (Wildman–Crippen MR) is 512 cm³/mol. The fourth-order valence-corrected chi connectivity index (χ4v) is 19.2. The molecule has 8 amide bonds. The molecule has 0 aliphatic rings. The van der Waals surface area contributed by atoms with Crippen molar-refractivity contribution in [2.24, 2.45) is 11.8 Å². The van der Waals surface area contributed by atoms with E-state index in [2.05, 4.69) is 84.2 Å². The average Bonchev–Trinajstić information content (AvgIpc) is 0.751. The summed E-state index contributed by atoms with van der Waals surface area (Å²) in [6, 6.07) is 77.4. The van der Waals surface area contributed by atoms with Crippen LogP contribution in [0.1, 0.15) is 167 Å². The van der Waals surface area contributed by atoms with Gasteiger partial charge in [-0.3, -0.25) is 43.7 Å². The Hall–Kier alpha value is -10.9. The molecular weight excluding hydrogens is 1670 g/mol. The molecule has 0 saturated carbocycles. The third-order valence-electron chi connectivity index (χ3n) is 21.7. The number of aliphatic carboxylic acids is 1. The Morgan fingerprint density at radius 1 is 0.344 bits per heavy atom. The van der Waals surface area contributed by atoms with Gasteiger partial charge < -0.3 is 61.9 Å². The monoisotopic (exact) mass is 1790 g/mol. The number of carboxylic acid groups (broad SMARTS) is 1. The summed E-state index contributed by atoms with van der Waals surface area (Å²) < 4.78 is 17.1. The zero-order chi connectivity index (χ0) is 92.8. The Morgan fingerprint density at radius 2 is 0.625 bits per heavy atom. The number of benzene rings is 9. The largest absolute Gasteiger partial charge is 0.480 e. The van der Waals surface area contributed by atoms with Crippen LogP contribution in [0, 0.1) is 11.8 Å². The summed E-state index contributed by atoms with van der Waals surface area (Å²) in [6.07, 6.45) is -0.799. The summed E-state index contributed by atoms with van der Waals surface area (Å²) in [7, 11) is 0. The maximum absolute atomic E-state index is 16.6. The van der Waals surface area contributed by atoms with Gasteiger partial charge in [-0.15, -0.1) is 35.3 Å². The molecule has 0 radical (unpaired) electrons. The number of amides is 8. The highest BCUT2D eigenvalue weighted by atomic mass is 32.2. The van der Waals surface area contributed by atoms with E-state index in [1.165, 1.54) is 18.7 Å². The fraction of sp³-hybridized carbons (Fsp3) is 0.388. The Morgan fingerprint density at radius 3 is 0.961 bits per heavy atom. The third-order valence-corrected chi connectivity index (χ3v) is 25.8. The van der Waals surface area contributed by atoms with Gasteiger partial charge in [-0.25, -0.2) is 4.79 Å². The van der Waals surface area contributed by atoms with E-state index in [1.54, 1.807) is 87.9 Å². The molecule has 0 fully saturated rings. The number of thioether (sulfide) groups is 3. The molecular formula is C103H127N9O13S3. The molecule has 10 atom stereocenters. The maximum Gasteiger partial charge on any atom is 0.326 e. The predicted octanol–water partition coefficient (Wildman–Crippen LogP) is 14.6. The number of hydrogen-bond acceptors (Lipinski definition) is 16. The van der Waals surface area contributed by atoms with Crippen molar-refractivity contribution in [2.75, 3.05) is 36.3 Å². The summed E-state index contributed by atoms with van der Waals surface area (Å²) >= 11 is 4.06. The summed E-state index contributed by atoms with van der Waals surface area (Å²) in [5.41, 5.74) is 3.75. The third kappa shape index (κ3) is 28.3. The van der Waals surface area contributed by atoms with Gasteiger partial charge in [-0.05, 0) is 138 Å². The van der Waals surface area contributed by atoms with E-state index in [-0.39, 0.29) is 41.4 Å². The number of nitrogens with one attached hydrogen (secondary N) is 9. The van der Waals surface area contributed by atoms with Gasteiger partial charge in [-0.1, -0.05) is 307 Å². The van der Waals surface area contributed by atoms with Crippen LogP contribution in [0.2, 0.25) is 0 Å². The zero-order valence-corrected chi connectivity index (χ0v) is 78.5. The first-order chi connectivity index (χ1) is 61.0. The molecule has 0 spiro atoms. The molecule has 22 nitrogen and oxygen atoms in total. The first-order valence-electron chi connectivity index (χ1n) is 43.7. The zero-order valence-electron chi connectivity index (χ0n) is 76.1. The van der Waals surface area contributed by atoms with Crippen LogP contribution in [0.15, 0.2) is 273 Å². The first kappa shape index (κ1) is 101. The molecule has 0 heterocycles. The molecule has 680 valence electrons. The summed E-state index contributed by atoms with van der Waals surface area (Å²) in [6.45, 7) is 25.3. The van der Waals surface area contributed by atoms with Gasteiger partial charge in [0.15, 0.2) is 0 Å². The minimum absolute atomic E-state index is 0.0266. The molecule has 9 aromatic carbocycles. The van der Waals surface area contributed by atoms with Crippen LogP contribution in [0.4, 0.5) is 0 Å². The summed E-state index contributed by atoms with van der Waals surface area (Å²) in [5.74, 6) is -8.40. The Kier molecular flexibility index (Phi) is 37.4. The lowest BCUT2D eigenvalue weighted by Crippen LogP contribution is -2.64. The quantitative estimate of drug-likeness (QED) is 0.00963. The molecule has 0 saturated heterocycles. The van der Waals surface area contributed by atoms with Crippen molar-refractivity contribution in [3.8, 4) is 0 Å². The SMILES string of the molecule is CC[C@H](C)[C@H](NC(=O)[C@H](COC(C)(C)C)NC(=O)[C@@H](NC(=O)[C@H](CSCNC(C)=O)NC(=O)[C@H](CSC(c1ccccc1)(c1ccccc1)c1ccccc1)NC(c1ccccc1)(c1ccccc1)c1ccccc1)[C@@H](C)OC(C)(C)C)C(=O)N[C@@H](CSC(c1ccccc1)(c1ccccc1)c1ccccc1)C(=O)N[C@@H](COC(C)(C)C)C(=O)N[C@@H](CC(C)C)C(=O)O. The van der Waals surface area contributed by atoms with Crippen LogP contribution in [0.25, 0.3) is 0 Å². The van der Waals surface area contributed by atoms with Gasteiger partial charge in [0.25, 0.3) is 0 Å². The number of rotatable bonds is 46. The van der Waals surface area contributed by atoms with Crippen molar-refractivity contribution >= 4 is 88.5 Å². The molecule has 0 unspecified atom stereocenters. The van der Waals surface area contributed by atoms with Crippen molar-refractivity contribution < 1.29 is 62.5 Å². The molecule has 9 rings (SSSR count). The van der Waals surface area contributed by atoms with E-state index >= 15 is 28.8 Å². The van der Waals surface area contributed by atoms with Crippen LogP contribution >= 0.6 is 35.3 Å². The van der Waals surface area contributed by atoms with Crippen molar-refractivity contribution in [3.63, 3.8) is 0 Å². The molecule has 25 heteroatoms. The molecule has 9 aromatic rings. The van der Waals surface area contributed by atoms with Crippen molar-refractivity contribution in [1.29, 1.82) is 0 Å². The molecule has 0 aliphatic heterocycles. The molecule has 0 aromatic heterocycles. The molecule has 128 heavy (non-hydrogen) atoms. The Bertz CT molecular complexity index is 4730. The number of carboxylic acids is 1. The van der Waals surface area contributed by atoms with Gasteiger partial charge >= 0.3 is 5.97 Å². The fourth-order valence-electron chi connectivity index (χ4n) is 15.2. The second-order valence-electron chi connectivity index (χ2n) is 35.4. The van der Waals surface area contributed by atoms with Gasteiger partial charge in [0.2, 0.25) is 47.3 Å². The van der Waals surface area contributed by atoms with Crippen LogP contribution in [-0.4, -0.2) is 166 Å². The van der Waals surface area contributed by atoms with E-state index in [4.69, 9.17) is 14.2 Å². The maximum atomic E-state index is 16.6. The van der Waals surface area contributed by atoms with Gasteiger partial charge in [0.05, 0.1) is 63.1 Å². The number of carbonyl (C=O) groups excluding carboxylic acids is 8. The second-order valence-corrected chi connectivity index (χ2v) is 38.9. The van der Waals surface area contributed by atoms with E-state index in [1.807, 2.05) is 257 Å². The van der Waals surface area contributed by atoms with E-state index in [0.717, 1.165) is 61.8 Å². The van der Waals surface area contributed by atoms with Crippen molar-refractivity contribution in [1.82, 2.24) is 47.9 Å². The lowest BCUT2D eigenvalue weighted by Gasteiger charge is -2.41. The van der Waals surface area contributed by atoms with E-state index < -0.39 is 153 Å². The Balaban J connectivity index is 1.10. The normalized spacial score (nSPS) is 14.4. The van der Waals surface area contributed by atoms with Crippen molar-refractivity contribution in [3.05, 3.63) is 323 Å². The standard InChI is InChI=1S/C103H127N9O13S3/c1-16-70(4)88(95(119)109-86(92(116)106-83(63-123-98(7,8)9)90(114)105-82(97(121)122)62-69(2)3)66-127-102(76-50-32-20-33-51-76,77-52-34-21-35-53-77)78-54-36-22-37-55-78)110-91(115)84(64-124-99(10,11)12)107-96(120)89(71(5)125-100(13,14)15)111-93(117)85(65-126-68-104-72(6)113)108-94(118)87(112-101(73-44-26-17-27-45-73,74-46-28-18-29-47-74)75-48-30-19-31-49-75)67-128-103(79-56-38-23-39-57-79,80-58-40-24-41-59-80)81-60-42-25-43-61-81/h17-61,69-71,82-89,112H,16,62-68H2,1-15H3,(H,104,113)(H,105,114)(H,106,116)(H,107,120)(H,108,118)(H,109,119)(H,110,115)(H,111,117)(H,121,122)/t70-,71+,82-,83-,84-,85-,86-,87-,88-,89-/m0/s1. The smallest absolute Gasteiger partial charge is 0.326 e. The van der Waals surface area contributed by atoms with Crippen molar-refractivity contribution in [2.45, 2.75) is 203 Å². The first-order valence-corrected chi connectivity index (χ1v) is 46.8. The number of hydrogen-bond donors (Lipinski definition) is 10. The van der Waals surface area contributed by atoms with Crippen LogP contribution in [0.3, 0.4) is 0 Å². The minimum Gasteiger partial charge on any atom is -0.480 e. The summed E-state index contributed by atoms with van der Waals surface area (Å²) in [4.78, 5) is 136. The highest BCUT2D eigenvalue weighted by molar-refractivity contribution is 8.01. The molecule has 0 aliphatic carbocycles.